The van der Waals surface area contributed by atoms with Crippen LogP contribution in [0.25, 0.3) is 0 Å². The second-order valence-electron chi connectivity index (χ2n) is 4.29. The molecule has 0 unspecified atom stereocenters. The molecule has 16 heavy (non-hydrogen) atoms. The summed E-state index contributed by atoms with van der Waals surface area (Å²) in [6.07, 6.45) is 7.16. The van der Waals surface area contributed by atoms with Gasteiger partial charge in [-0.05, 0) is 50.8 Å². The molecule has 4 heteroatoms. The summed E-state index contributed by atoms with van der Waals surface area (Å²) >= 11 is 8.42. The van der Waals surface area contributed by atoms with Crippen molar-refractivity contribution in [3.63, 3.8) is 0 Å². The number of hydrogen-bond acceptors (Lipinski definition) is 2. The Kier molecular flexibility index (Phi) is 4.62. The van der Waals surface area contributed by atoms with E-state index in [2.05, 4.69) is 31.9 Å². The molecule has 1 nitrogen and oxygen atoms in total. The maximum Gasteiger partial charge on any atom is 0.175 e. The average Bonchev–Trinajstić information content (AvgIpc) is 2.51. The number of ketones is 1. The Hall–Kier alpha value is 0.330. The normalized spacial score (nSPS) is 18.4. The van der Waals surface area contributed by atoms with Crippen LogP contribution in [-0.2, 0) is 0 Å². The number of thiophene rings is 1. The van der Waals surface area contributed by atoms with Gasteiger partial charge in [-0.3, -0.25) is 4.79 Å². The van der Waals surface area contributed by atoms with Gasteiger partial charge in [0, 0.05) is 10.4 Å². The van der Waals surface area contributed by atoms with Gasteiger partial charge in [-0.15, -0.1) is 11.3 Å². The molecule has 0 spiro atoms. The molecule has 0 saturated heterocycles. The fourth-order valence-corrected chi connectivity index (χ4v) is 4.27. The molecular weight excluding hydrogens is 352 g/mol. The maximum atomic E-state index is 12.3. The Labute approximate surface area is 117 Å². The number of rotatable bonds is 2. The highest BCUT2D eigenvalue weighted by atomic mass is 79.9. The third kappa shape index (κ3) is 2.96. The van der Waals surface area contributed by atoms with Crippen molar-refractivity contribution in [3.8, 4) is 0 Å². The van der Waals surface area contributed by atoms with Crippen LogP contribution in [0.2, 0.25) is 0 Å². The van der Waals surface area contributed by atoms with Crippen molar-refractivity contribution < 1.29 is 4.79 Å². The maximum absolute atomic E-state index is 12.3. The molecule has 1 aliphatic carbocycles. The van der Waals surface area contributed by atoms with Gasteiger partial charge in [-0.2, -0.15) is 0 Å². The highest BCUT2D eigenvalue weighted by Gasteiger charge is 2.23. The molecule has 1 aromatic heterocycles. The quantitative estimate of drug-likeness (QED) is 0.504. The molecule has 1 fully saturated rings. The van der Waals surface area contributed by atoms with Gasteiger partial charge < -0.3 is 0 Å². The van der Waals surface area contributed by atoms with Gasteiger partial charge in [0.05, 0.1) is 8.66 Å². The third-order valence-corrected chi connectivity index (χ3v) is 6.38. The molecule has 1 heterocycles. The Balaban J connectivity index is 2.11. The topological polar surface area (TPSA) is 17.1 Å². The Morgan fingerprint density at radius 3 is 2.31 bits per heavy atom. The van der Waals surface area contributed by atoms with Crippen molar-refractivity contribution in [2.24, 2.45) is 5.92 Å². The summed E-state index contributed by atoms with van der Waals surface area (Å²) in [5.74, 6) is 0.609. The zero-order chi connectivity index (χ0) is 11.5. The summed E-state index contributed by atoms with van der Waals surface area (Å²) in [6.45, 7) is 0. The number of Topliss-reactive ketones (excluding diaryl/α,β-unsaturated/α-hetero) is 1. The van der Waals surface area contributed by atoms with Gasteiger partial charge in [0.1, 0.15) is 0 Å². The van der Waals surface area contributed by atoms with E-state index in [1.165, 1.54) is 25.7 Å². The molecule has 0 aromatic carbocycles. The molecule has 2 rings (SSSR count). The molecule has 0 bridgehead atoms. The third-order valence-electron chi connectivity index (χ3n) is 3.11. The smallest absolute Gasteiger partial charge is 0.175 e. The second kappa shape index (κ2) is 5.78. The largest absolute Gasteiger partial charge is 0.293 e. The molecule has 0 amide bonds. The highest BCUT2D eigenvalue weighted by Crippen LogP contribution is 2.35. The van der Waals surface area contributed by atoms with Crippen LogP contribution < -0.4 is 0 Å². The van der Waals surface area contributed by atoms with Gasteiger partial charge >= 0.3 is 0 Å². The van der Waals surface area contributed by atoms with E-state index in [9.17, 15) is 4.79 Å². The van der Waals surface area contributed by atoms with E-state index in [-0.39, 0.29) is 5.92 Å². The molecule has 0 radical (unpaired) electrons. The summed E-state index contributed by atoms with van der Waals surface area (Å²) in [5.41, 5.74) is 0. The van der Waals surface area contributed by atoms with Crippen LogP contribution in [-0.4, -0.2) is 5.78 Å². The zero-order valence-electron chi connectivity index (χ0n) is 8.97. The van der Waals surface area contributed by atoms with Gasteiger partial charge in [-0.1, -0.05) is 25.7 Å². The van der Waals surface area contributed by atoms with Gasteiger partial charge in [0.25, 0.3) is 0 Å². The van der Waals surface area contributed by atoms with Gasteiger partial charge in [0.15, 0.2) is 5.78 Å². The Bertz CT molecular complexity index is 359. The van der Waals surface area contributed by atoms with E-state index in [4.69, 9.17) is 0 Å². The van der Waals surface area contributed by atoms with E-state index >= 15 is 0 Å². The molecule has 0 atom stereocenters. The first kappa shape index (κ1) is 12.8. The summed E-state index contributed by atoms with van der Waals surface area (Å²) in [5, 5.41) is 0. The second-order valence-corrected chi connectivity index (χ2v) is 7.51. The summed E-state index contributed by atoms with van der Waals surface area (Å²) in [7, 11) is 0. The standard InChI is InChI=1S/C12H14Br2OS/c13-9-7-10(16-12(9)14)11(15)8-5-3-1-2-4-6-8/h7-8H,1-6H2. The van der Waals surface area contributed by atoms with E-state index in [1.54, 1.807) is 11.3 Å². The van der Waals surface area contributed by atoms with Gasteiger partial charge in [-0.25, -0.2) is 0 Å². The average molecular weight is 366 g/mol. The minimum atomic E-state index is 0.264. The molecule has 0 N–H and O–H groups in total. The molecule has 1 aliphatic rings. The van der Waals surface area contributed by atoms with E-state index in [0.717, 1.165) is 26.0 Å². The lowest BCUT2D eigenvalue weighted by Gasteiger charge is -2.10. The van der Waals surface area contributed by atoms with E-state index in [1.807, 2.05) is 6.07 Å². The van der Waals surface area contributed by atoms with Crippen molar-refractivity contribution in [1.29, 1.82) is 0 Å². The van der Waals surface area contributed by atoms with Crippen LogP contribution in [0, 0.1) is 5.92 Å². The molecule has 0 aliphatic heterocycles. The lowest BCUT2D eigenvalue weighted by atomic mass is 9.95. The fraction of sp³-hybridized carbons (Fsp3) is 0.583. The van der Waals surface area contributed by atoms with Crippen molar-refractivity contribution >= 4 is 49.0 Å². The van der Waals surface area contributed by atoms with Crippen LogP contribution in [0.3, 0.4) is 0 Å². The summed E-state index contributed by atoms with van der Waals surface area (Å²) in [6, 6.07) is 1.95. The molecular formula is C12H14Br2OS. The van der Waals surface area contributed by atoms with Crippen molar-refractivity contribution in [2.75, 3.05) is 0 Å². The van der Waals surface area contributed by atoms with Crippen LogP contribution >= 0.6 is 43.2 Å². The van der Waals surface area contributed by atoms with E-state index < -0.39 is 0 Å². The van der Waals surface area contributed by atoms with Crippen molar-refractivity contribution in [2.45, 2.75) is 38.5 Å². The Morgan fingerprint density at radius 1 is 1.19 bits per heavy atom. The van der Waals surface area contributed by atoms with Crippen LogP contribution in [0.1, 0.15) is 48.2 Å². The van der Waals surface area contributed by atoms with Crippen molar-refractivity contribution in [1.82, 2.24) is 0 Å². The minimum absolute atomic E-state index is 0.264. The first-order valence-electron chi connectivity index (χ1n) is 5.67. The highest BCUT2D eigenvalue weighted by molar-refractivity contribution is 9.13. The molecule has 1 aromatic rings. The van der Waals surface area contributed by atoms with Crippen LogP contribution in [0.5, 0.6) is 0 Å². The minimum Gasteiger partial charge on any atom is -0.293 e. The summed E-state index contributed by atoms with van der Waals surface area (Å²) in [4.78, 5) is 13.2. The van der Waals surface area contributed by atoms with E-state index in [0.29, 0.717) is 5.78 Å². The lowest BCUT2D eigenvalue weighted by molar-refractivity contribution is 0.0912. The van der Waals surface area contributed by atoms with Crippen LogP contribution in [0.15, 0.2) is 14.3 Å². The predicted octanol–water partition coefficient (Wildman–Crippen LogP) is 5.43. The SMILES string of the molecule is O=C(c1cc(Br)c(Br)s1)C1CCCCCC1. The number of carbonyl (C=O) groups is 1. The first-order valence-corrected chi connectivity index (χ1v) is 8.08. The fourth-order valence-electron chi connectivity index (χ4n) is 2.21. The first-order chi connectivity index (χ1) is 7.68. The molecule has 88 valence electrons. The number of carbonyl (C=O) groups excluding carboxylic acids is 1. The number of hydrogen-bond donors (Lipinski definition) is 0. The van der Waals surface area contributed by atoms with Crippen molar-refractivity contribution in [3.05, 3.63) is 19.2 Å². The van der Waals surface area contributed by atoms with Crippen LogP contribution in [0.4, 0.5) is 0 Å². The Morgan fingerprint density at radius 2 is 1.81 bits per heavy atom. The lowest BCUT2D eigenvalue weighted by Crippen LogP contribution is -2.12. The predicted molar refractivity (Wildman–Crippen MR) is 75.2 cm³/mol. The number of halogens is 2. The van der Waals surface area contributed by atoms with Gasteiger partial charge in [0.2, 0.25) is 0 Å². The molecule has 1 saturated carbocycles. The monoisotopic (exact) mass is 364 g/mol. The zero-order valence-corrected chi connectivity index (χ0v) is 13.0. The summed E-state index contributed by atoms with van der Waals surface area (Å²) < 4.78 is 2.01.